The first-order chi connectivity index (χ1) is 11.3. The molecule has 1 saturated heterocycles. The van der Waals surface area contributed by atoms with E-state index >= 15 is 0 Å². The van der Waals surface area contributed by atoms with Gasteiger partial charge in [0, 0.05) is 38.4 Å². The van der Waals surface area contributed by atoms with Gasteiger partial charge in [-0.05, 0) is 39.8 Å². The second-order valence-electron chi connectivity index (χ2n) is 7.31. The number of nitrogens with zero attached hydrogens (tertiary/aromatic N) is 3. The zero-order valence-corrected chi connectivity index (χ0v) is 15.5. The van der Waals surface area contributed by atoms with Crippen LogP contribution in [0.25, 0.3) is 0 Å². The molecule has 2 unspecified atom stereocenters. The molecule has 24 heavy (non-hydrogen) atoms. The molecule has 6 heteroatoms. The molecular weight excluding hydrogens is 304 g/mol. The molecule has 1 N–H and O–H groups in total. The summed E-state index contributed by atoms with van der Waals surface area (Å²) in [6.45, 7) is 11.4. The number of urea groups is 1. The van der Waals surface area contributed by atoms with Gasteiger partial charge in [0.2, 0.25) is 0 Å². The zero-order valence-electron chi connectivity index (χ0n) is 15.5. The Morgan fingerprint density at radius 2 is 2.04 bits per heavy atom. The van der Waals surface area contributed by atoms with E-state index in [1.165, 1.54) is 0 Å². The topological polar surface area (TPSA) is 57.7 Å². The van der Waals surface area contributed by atoms with Crippen LogP contribution in [0.15, 0.2) is 24.4 Å². The standard InChI is InChI=1S/C18H30N4O2/c1-14-10-22(11-15(2)24-14)18(3,4)13-20-17(23)21(5)12-16-8-6-7-9-19-16/h6-9,14-15H,10-13H2,1-5H3,(H,20,23). The third-order valence-corrected chi connectivity index (χ3v) is 4.42. The van der Waals surface area contributed by atoms with Crippen LogP contribution in [0.2, 0.25) is 0 Å². The van der Waals surface area contributed by atoms with Crippen LogP contribution in [-0.2, 0) is 11.3 Å². The maximum atomic E-state index is 12.3. The Balaban J connectivity index is 1.85. The van der Waals surface area contributed by atoms with Crippen LogP contribution in [0.4, 0.5) is 4.79 Å². The highest BCUT2D eigenvalue weighted by molar-refractivity contribution is 5.73. The van der Waals surface area contributed by atoms with Crippen molar-refractivity contribution >= 4 is 6.03 Å². The number of aromatic nitrogens is 1. The molecule has 2 heterocycles. The summed E-state index contributed by atoms with van der Waals surface area (Å²) in [7, 11) is 1.79. The van der Waals surface area contributed by atoms with Crippen molar-refractivity contribution in [2.75, 3.05) is 26.7 Å². The Morgan fingerprint density at radius 1 is 1.38 bits per heavy atom. The van der Waals surface area contributed by atoms with E-state index < -0.39 is 0 Å². The second-order valence-corrected chi connectivity index (χ2v) is 7.31. The van der Waals surface area contributed by atoms with Gasteiger partial charge in [0.1, 0.15) is 0 Å². The number of carbonyl (C=O) groups excluding carboxylic acids is 1. The van der Waals surface area contributed by atoms with Crippen LogP contribution >= 0.6 is 0 Å². The van der Waals surface area contributed by atoms with E-state index in [9.17, 15) is 4.79 Å². The predicted octanol–water partition coefficient (Wildman–Crippen LogP) is 2.11. The number of pyridine rings is 1. The number of nitrogens with one attached hydrogen (secondary N) is 1. The van der Waals surface area contributed by atoms with Crippen molar-refractivity contribution in [3.8, 4) is 0 Å². The molecule has 0 bridgehead atoms. The number of ether oxygens (including phenoxy) is 1. The van der Waals surface area contributed by atoms with Gasteiger partial charge in [0.05, 0.1) is 24.4 Å². The minimum atomic E-state index is -0.117. The lowest BCUT2D eigenvalue weighted by molar-refractivity contribution is -0.0948. The molecule has 6 nitrogen and oxygen atoms in total. The average molecular weight is 334 g/mol. The first-order valence-electron chi connectivity index (χ1n) is 8.57. The van der Waals surface area contributed by atoms with Gasteiger partial charge in [0.25, 0.3) is 0 Å². The molecule has 0 saturated carbocycles. The highest BCUT2D eigenvalue weighted by Gasteiger charge is 2.33. The molecule has 0 spiro atoms. The second kappa shape index (κ2) is 7.94. The number of rotatable bonds is 5. The van der Waals surface area contributed by atoms with E-state index in [0.29, 0.717) is 13.1 Å². The SMILES string of the molecule is CC1CN(C(C)(C)CNC(=O)N(C)Cc2ccccn2)CC(C)O1. The summed E-state index contributed by atoms with van der Waals surface area (Å²) in [5, 5.41) is 3.05. The van der Waals surface area contributed by atoms with Crippen molar-refractivity contribution in [2.24, 2.45) is 0 Å². The summed E-state index contributed by atoms with van der Waals surface area (Å²) in [6.07, 6.45) is 2.18. The van der Waals surface area contributed by atoms with Gasteiger partial charge in [0.15, 0.2) is 0 Å². The lowest BCUT2D eigenvalue weighted by Gasteiger charge is -2.45. The smallest absolute Gasteiger partial charge is 0.317 e. The molecular formula is C18H30N4O2. The molecule has 1 aliphatic heterocycles. The van der Waals surface area contributed by atoms with Gasteiger partial charge < -0.3 is 15.0 Å². The lowest BCUT2D eigenvalue weighted by atomic mass is 10.00. The third kappa shape index (κ3) is 5.18. The van der Waals surface area contributed by atoms with Crippen LogP contribution in [0.5, 0.6) is 0 Å². The van der Waals surface area contributed by atoms with Crippen LogP contribution in [-0.4, -0.2) is 65.2 Å². The summed E-state index contributed by atoms with van der Waals surface area (Å²) < 4.78 is 5.80. The zero-order chi connectivity index (χ0) is 17.7. The molecule has 2 atom stereocenters. The van der Waals surface area contributed by atoms with Crippen LogP contribution in [0, 0.1) is 0 Å². The maximum Gasteiger partial charge on any atom is 0.317 e. The van der Waals surface area contributed by atoms with Gasteiger partial charge in [-0.25, -0.2) is 4.79 Å². The number of carbonyl (C=O) groups is 1. The summed E-state index contributed by atoms with van der Waals surface area (Å²) in [6, 6.07) is 5.64. The summed E-state index contributed by atoms with van der Waals surface area (Å²) >= 11 is 0. The molecule has 0 aromatic carbocycles. The third-order valence-electron chi connectivity index (χ3n) is 4.42. The van der Waals surface area contributed by atoms with E-state index in [0.717, 1.165) is 18.8 Å². The molecule has 2 amide bonds. The summed E-state index contributed by atoms with van der Waals surface area (Å²) in [5.74, 6) is 0. The van der Waals surface area contributed by atoms with Crippen molar-refractivity contribution in [1.82, 2.24) is 20.1 Å². The fraction of sp³-hybridized carbons (Fsp3) is 0.667. The molecule has 0 radical (unpaired) electrons. The highest BCUT2D eigenvalue weighted by atomic mass is 16.5. The van der Waals surface area contributed by atoms with Crippen LogP contribution < -0.4 is 5.32 Å². The Morgan fingerprint density at radius 3 is 2.62 bits per heavy atom. The van der Waals surface area contributed by atoms with Gasteiger partial charge in [-0.1, -0.05) is 6.07 Å². The minimum absolute atomic E-state index is 0.0805. The van der Waals surface area contributed by atoms with Crippen LogP contribution in [0.1, 0.15) is 33.4 Å². The fourth-order valence-electron chi connectivity index (χ4n) is 3.02. The van der Waals surface area contributed by atoms with E-state index in [2.05, 4.69) is 42.9 Å². The van der Waals surface area contributed by atoms with E-state index in [1.54, 1.807) is 18.1 Å². The predicted molar refractivity (Wildman–Crippen MR) is 94.8 cm³/mol. The fourth-order valence-corrected chi connectivity index (χ4v) is 3.02. The number of hydrogen-bond acceptors (Lipinski definition) is 4. The molecule has 0 aliphatic carbocycles. The number of amides is 2. The number of morpholine rings is 1. The maximum absolute atomic E-state index is 12.3. The normalized spacial score (nSPS) is 22.2. The molecule has 1 aliphatic rings. The average Bonchev–Trinajstić information content (AvgIpc) is 2.52. The van der Waals surface area contributed by atoms with Gasteiger partial charge in [-0.15, -0.1) is 0 Å². The Bertz CT molecular complexity index is 525. The minimum Gasteiger partial charge on any atom is -0.373 e. The lowest BCUT2D eigenvalue weighted by Crippen LogP contribution is -2.59. The molecule has 1 aromatic heterocycles. The van der Waals surface area contributed by atoms with Gasteiger partial charge in [-0.2, -0.15) is 0 Å². The van der Waals surface area contributed by atoms with E-state index in [-0.39, 0.29) is 23.8 Å². The molecule has 1 fully saturated rings. The first-order valence-corrected chi connectivity index (χ1v) is 8.57. The quantitative estimate of drug-likeness (QED) is 0.896. The largest absolute Gasteiger partial charge is 0.373 e. The van der Waals surface area contributed by atoms with Crippen molar-refractivity contribution in [2.45, 2.75) is 52.0 Å². The Labute approximate surface area is 145 Å². The van der Waals surface area contributed by atoms with Crippen LogP contribution in [0.3, 0.4) is 0 Å². The first kappa shape index (κ1) is 18.7. The van der Waals surface area contributed by atoms with Gasteiger partial charge in [-0.3, -0.25) is 9.88 Å². The molecule has 1 aromatic rings. The molecule has 2 rings (SSSR count). The van der Waals surface area contributed by atoms with E-state index in [4.69, 9.17) is 4.74 Å². The Hall–Kier alpha value is -1.66. The van der Waals surface area contributed by atoms with Crippen molar-refractivity contribution in [3.05, 3.63) is 30.1 Å². The monoisotopic (exact) mass is 334 g/mol. The van der Waals surface area contributed by atoms with Crippen molar-refractivity contribution in [3.63, 3.8) is 0 Å². The van der Waals surface area contributed by atoms with E-state index in [1.807, 2.05) is 18.2 Å². The summed E-state index contributed by atoms with van der Waals surface area (Å²) in [5.41, 5.74) is 0.763. The highest BCUT2D eigenvalue weighted by Crippen LogP contribution is 2.20. The Kier molecular flexibility index (Phi) is 6.18. The number of hydrogen-bond donors (Lipinski definition) is 1. The van der Waals surface area contributed by atoms with Crippen molar-refractivity contribution < 1.29 is 9.53 Å². The summed E-state index contributed by atoms with van der Waals surface area (Å²) in [4.78, 5) is 20.7. The molecule has 134 valence electrons. The van der Waals surface area contributed by atoms with Gasteiger partial charge >= 0.3 is 6.03 Å². The van der Waals surface area contributed by atoms with Crippen molar-refractivity contribution in [1.29, 1.82) is 0 Å².